The van der Waals surface area contributed by atoms with E-state index in [-0.39, 0.29) is 23.7 Å². The van der Waals surface area contributed by atoms with Crippen molar-refractivity contribution in [2.24, 2.45) is 5.92 Å². The van der Waals surface area contributed by atoms with Gasteiger partial charge in [-0.3, -0.25) is 4.18 Å². The second-order valence-electron chi connectivity index (χ2n) is 9.29. The first-order valence-corrected chi connectivity index (χ1v) is 14.3. The van der Waals surface area contributed by atoms with Crippen molar-refractivity contribution in [2.45, 2.75) is 69.7 Å². The van der Waals surface area contributed by atoms with Crippen molar-refractivity contribution in [1.82, 2.24) is 0 Å². The maximum Gasteiger partial charge on any atom is 0.271 e. The maximum atomic E-state index is 12.4. The van der Waals surface area contributed by atoms with Crippen LogP contribution in [0.5, 0.6) is 0 Å². The molecule has 0 unspecified atom stereocenters. The van der Waals surface area contributed by atoms with Gasteiger partial charge < -0.3 is 9.16 Å². The molecule has 2 aliphatic rings. The van der Waals surface area contributed by atoms with Gasteiger partial charge in [0.05, 0.1) is 30.3 Å². The minimum atomic E-state index is -3.56. The van der Waals surface area contributed by atoms with Gasteiger partial charge in [-0.25, -0.2) is 0 Å². The molecular formula is C21H32O5SSi. The van der Waals surface area contributed by atoms with E-state index in [2.05, 4.69) is 33.9 Å². The molecule has 7 heteroatoms. The Morgan fingerprint density at radius 1 is 1.18 bits per heavy atom. The van der Waals surface area contributed by atoms with Crippen molar-refractivity contribution < 1.29 is 21.8 Å². The van der Waals surface area contributed by atoms with Crippen LogP contribution in [0, 0.1) is 5.92 Å². The second kappa shape index (κ2) is 7.93. The lowest BCUT2D eigenvalue weighted by Gasteiger charge is -2.42. The zero-order valence-electron chi connectivity index (χ0n) is 17.5. The highest BCUT2D eigenvalue weighted by Crippen LogP contribution is 2.42. The summed E-state index contributed by atoms with van der Waals surface area (Å²) >= 11 is 0. The minimum absolute atomic E-state index is 0.0731. The summed E-state index contributed by atoms with van der Waals surface area (Å²) in [5.74, 6) is 0.769. The van der Waals surface area contributed by atoms with Crippen LogP contribution in [0.2, 0.25) is 18.1 Å². The number of rotatable bonds is 5. The number of ether oxygens (including phenoxy) is 1. The van der Waals surface area contributed by atoms with E-state index in [4.69, 9.17) is 13.3 Å². The average Bonchev–Trinajstić information content (AvgIpc) is 2.60. The zero-order valence-corrected chi connectivity index (χ0v) is 19.3. The van der Waals surface area contributed by atoms with Crippen molar-refractivity contribution in [1.29, 1.82) is 0 Å². The molecule has 3 atom stereocenters. The van der Waals surface area contributed by atoms with Gasteiger partial charge >= 0.3 is 0 Å². The van der Waals surface area contributed by atoms with Gasteiger partial charge in [0.15, 0.2) is 0 Å². The quantitative estimate of drug-likeness (QED) is 0.510. The van der Waals surface area contributed by atoms with Crippen molar-refractivity contribution in [2.75, 3.05) is 6.61 Å². The van der Waals surface area contributed by atoms with Gasteiger partial charge in [-0.15, -0.1) is 0 Å². The highest BCUT2D eigenvalue weighted by Gasteiger charge is 2.47. The van der Waals surface area contributed by atoms with Crippen LogP contribution in [-0.4, -0.2) is 34.7 Å². The molecule has 5 nitrogen and oxygen atoms in total. The lowest BCUT2D eigenvalue weighted by atomic mass is 9.87. The minimum Gasteiger partial charge on any atom is -0.547 e. The number of fused-ring (bicyclic) bond motifs is 1. The van der Waals surface area contributed by atoms with Crippen LogP contribution < -0.4 is 0 Å². The van der Waals surface area contributed by atoms with Crippen LogP contribution in [0.15, 0.2) is 42.2 Å². The Hall–Kier alpha value is -1.15. The van der Waals surface area contributed by atoms with E-state index in [9.17, 15) is 8.42 Å². The standard InChI is InChI=1S/C21H32O5SSi/c1-21(2,3)28(4,5)26-17-11-12-20-18(13-17)19(15-25-27(20,22)23)24-14-16-9-7-6-8-10-16/h6-11,18-20H,12-15H2,1-5H3/t18-,19+,20-/m0/s1. The molecule has 0 spiro atoms. The normalized spacial score (nSPS) is 27.6. The Kier molecular flexibility index (Phi) is 6.11. The Labute approximate surface area is 170 Å². The molecule has 1 aliphatic carbocycles. The number of hydrogen-bond donors (Lipinski definition) is 0. The predicted molar refractivity (Wildman–Crippen MR) is 113 cm³/mol. The molecule has 1 heterocycles. The van der Waals surface area contributed by atoms with Gasteiger partial charge in [-0.2, -0.15) is 8.42 Å². The number of benzene rings is 1. The molecule has 0 N–H and O–H groups in total. The van der Waals surface area contributed by atoms with Crippen LogP contribution in [0.4, 0.5) is 0 Å². The van der Waals surface area contributed by atoms with Crippen LogP contribution in [0.1, 0.15) is 39.2 Å². The summed E-state index contributed by atoms with van der Waals surface area (Å²) in [7, 11) is -5.53. The van der Waals surface area contributed by atoms with Gasteiger partial charge in [0.1, 0.15) is 0 Å². The third-order valence-corrected chi connectivity index (χ3v) is 12.4. The first kappa shape index (κ1) is 21.6. The summed E-state index contributed by atoms with van der Waals surface area (Å²) in [6.07, 6.45) is 2.68. The average molecular weight is 425 g/mol. The van der Waals surface area contributed by atoms with Crippen LogP contribution in [0.3, 0.4) is 0 Å². The molecule has 1 saturated heterocycles. The van der Waals surface area contributed by atoms with E-state index in [1.165, 1.54) is 0 Å². The molecule has 0 aromatic heterocycles. The summed E-state index contributed by atoms with van der Waals surface area (Å²) in [4.78, 5) is 0. The van der Waals surface area contributed by atoms with E-state index in [0.717, 1.165) is 11.3 Å². The third-order valence-electron chi connectivity index (χ3n) is 6.24. The molecular weight excluding hydrogens is 392 g/mol. The van der Waals surface area contributed by atoms with Crippen molar-refractivity contribution in [3.8, 4) is 0 Å². The van der Waals surface area contributed by atoms with E-state index in [1.807, 2.05) is 36.4 Å². The monoisotopic (exact) mass is 424 g/mol. The second-order valence-corrected chi connectivity index (χ2v) is 15.8. The summed E-state index contributed by atoms with van der Waals surface area (Å²) in [5.41, 5.74) is 1.07. The molecule has 0 bridgehead atoms. The molecule has 1 aromatic rings. The van der Waals surface area contributed by atoms with Gasteiger partial charge in [-0.1, -0.05) is 51.1 Å². The highest BCUT2D eigenvalue weighted by molar-refractivity contribution is 7.87. The molecule has 28 heavy (non-hydrogen) atoms. The smallest absolute Gasteiger partial charge is 0.271 e. The van der Waals surface area contributed by atoms with Crippen LogP contribution in [0.25, 0.3) is 0 Å². The van der Waals surface area contributed by atoms with Crippen molar-refractivity contribution in [3.05, 3.63) is 47.7 Å². The molecule has 3 rings (SSSR count). The van der Waals surface area contributed by atoms with Crippen LogP contribution in [-0.2, 0) is 30.1 Å². The summed E-state index contributed by atoms with van der Waals surface area (Å²) < 4.78 is 42.7. The summed E-state index contributed by atoms with van der Waals surface area (Å²) in [5, 5.41) is -0.468. The molecule has 0 radical (unpaired) electrons. The largest absolute Gasteiger partial charge is 0.547 e. The number of allylic oxidation sites excluding steroid dienone is 2. The number of hydrogen-bond acceptors (Lipinski definition) is 5. The van der Waals surface area contributed by atoms with Crippen molar-refractivity contribution >= 4 is 18.4 Å². The van der Waals surface area contributed by atoms with Crippen LogP contribution >= 0.6 is 0 Å². The Bertz CT molecular complexity index is 811. The first-order chi connectivity index (χ1) is 13.0. The molecule has 1 fully saturated rings. The lowest BCUT2D eigenvalue weighted by molar-refractivity contribution is -0.0420. The van der Waals surface area contributed by atoms with Gasteiger partial charge in [0.25, 0.3) is 10.1 Å². The van der Waals surface area contributed by atoms with E-state index in [1.54, 1.807) is 0 Å². The molecule has 156 valence electrons. The Balaban J connectivity index is 1.75. The van der Waals surface area contributed by atoms with Gasteiger partial charge in [0, 0.05) is 12.3 Å². The molecule has 0 amide bonds. The topological polar surface area (TPSA) is 61.8 Å². The lowest BCUT2D eigenvalue weighted by Crippen LogP contribution is -2.49. The van der Waals surface area contributed by atoms with E-state index < -0.39 is 23.7 Å². The van der Waals surface area contributed by atoms with Crippen molar-refractivity contribution in [3.63, 3.8) is 0 Å². The zero-order chi connectivity index (χ0) is 20.6. The van der Waals surface area contributed by atoms with Gasteiger partial charge in [0.2, 0.25) is 8.32 Å². The fourth-order valence-electron chi connectivity index (χ4n) is 3.46. The van der Waals surface area contributed by atoms with E-state index in [0.29, 0.717) is 19.4 Å². The molecule has 1 aromatic carbocycles. The summed E-state index contributed by atoms with van der Waals surface area (Å²) in [6.45, 7) is 11.6. The predicted octanol–water partition coefficient (Wildman–Crippen LogP) is 4.62. The highest BCUT2D eigenvalue weighted by atomic mass is 32.2. The van der Waals surface area contributed by atoms with E-state index >= 15 is 0 Å². The summed E-state index contributed by atoms with van der Waals surface area (Å²) in [6, 6.07) is 9.91. The fourth-order valence-corrected chi connectivity index (χ4v) is 6.12. The first-order valence-electron chi connectivity index (χ1n) is 9.91. The Morgan fingerprint density at radius 2 is 1.86 bits per heavy atom. The molecule has 0 saturated carbocycles. The third kappa shape index (κ3) is 4.70. The fraction of sp³-hybridized carbons (Fsp3) is 0.619. The Morgan fingerprint density at radius 3 is 2.50 bits per heavy atom. The maximum absolute atomic E-state index is 12.4. The SMILES string of the molecule is CC(C)(C)[Si](C)(C)OC1=CC[C@H]2[C@@H](C1)[C@H](OCc1ccccc1)COS2(=O)=O. The van der Waals surface area contributed by atoms with Gasteiger partial charge in [-0.05, 0) is 36.2 Å². The molecule has 1 aliphatic heterocycles.